The van der Waals surface area contributed by atoms with Gasteiger partial charge in [0.15, 0.2) is 0 Å². The Morgan fingerprint density at radius 1 is 1.03 bits per heavy atom. The van der Waals surface area contributed by atoms with Crippen molar-refractivity contribution in [1.82, 2.24) is 14.2 Å². The standard InChI is InChI=1S/C20H27N3O4S2/c1-26-17-2-4-19(5-3-17)29(24,25)23-13-6-16(7-14-23)22-11-8-18(9-12-22)27-20-21-10-15-28-20/h2-5,10,15-16,18H,6-9,11-14H2,1H3. The van der Waals surface area contributed by atoms with Crippen LogP contribution in [-0.4, -0.2) is 68.0 Å². The summed E-state index contributed by atoms with van der Waals surface area (Å²) < 4.78 is 38.5. The van der Waals surface area contributed by atoms with E-state index in [9.17, 15) is 8.42 Å². The Bertz CT molecular complexity index is 871. The zero-order valence-corrected chi connectivity index (χ0v) is 18.2. The van der Waals surface area contributed by atoms with Gasteiger partial charge >= 0.3 is 0 Å². The summed E-state index contributed by atoms with van der Waals surface area (Å²) in [5, 5.41) is 2.68. The van der Waals surface area contributed by atoms with E-state index in [-0.39, 0.29) is 6.10 Å². The number of thiazole rings is 1. The highest BCUT2D eigenvalue weighted by molar-refractivity contribution is 7.89. The zero-order chi connectivity index (χ0) is 20.3. The minimum atomic E-state index is -3.45. The number of piperidine rings is 2. The second-order valence-corrected chi connectivity index (χ2v) is 10.3. The molecule has 2 aliphatic heterocycles. The molecule has 9 heteroatoms. The maximum absolute atomic E-state index is 12.9. The molecule has 158 valence electrons. The molecule has 1 aromatic carbocycles. The topological polar surface area (TPSA) is 72.0 Å². The van der Waals surface area contributed by atoms with Crippen LogP contribution in [-0.2, 0) is 10.0 Å². The highest BCUT2D eigenvalue weighted by Crippen LogP contribution is 2.27. The van der Waals surface area contributed by atoms with E-state index in [0.717, 1.165) is 44.0 Å². The van der Waals surface area contributed by atoms with Crippen LogP contribution in [0.25, 0.3) is 0 Å². The number of methoxy groups -OCH3 is 1. The van der Waals surface area contributed by atoms with E-state index in [1.807, 2.05) is 5.38 Å². The van der Waals surface area contributed by atoms with Crippen molar-refractivity contribution < 1.29 is 17.9 Å². The van der Waals surface area contributed by atoms with Crippen molar-refractivity contribution in [3.8, 4) is 10.9 Å². The summed E-state index contributed by atoms with van der Waals surface area (Å²) in [7, 11) is -1.87. The first kappa shape index (κ1) is 20.6. The summed E-state index contributed by atoms with van der Waals surface area (Å²) in [6.45, 7) is 3.11. The van der Waals surface area contributed by atoms with E-state index in [2.05, 4.69) is 9.88 Å². The largest absolute Gasteiger partial charge is 0.497 e. The van der Waals surface area contributed by atoms with Crippen molar-refractivity contribution >= 4 is 21.4 Å². The second kappa shape index (κ2) is 8.99. The molecular weight excluding hydrogens is 410 g/mol. The van der Waals surface area contributed by atoms with Gasteiger partial charge in [0.05, 0.1) is 12.0 Å². The second-order valence-electron chi connectivity index (χ2n) is 7.46. The van der Waals surface area contributed by atoms with E-state index in [4.69, 9.17) is 9.47 Å². The predicted octanol–water partition coefficient (Wildman–Crippen LogP) is 2.85. The summed E-state index contributed by atoms with van der Waals surface area (Å²) in [6, 6.07) is 7.06. The van der Waals surface area contributed by atoms with E-state index in [0.29, 0.717) is 29.8 Å². The van der Waals surface area contributed by atoms with E-state index in [1.54, 1.807) is 41.9 Å². The van der Waals surface area contributed by atoms with Crippen LogP contribution in [0.2, 0.25) is 0 Å². The van der Waals surface area contributed by atoms with Crippen LogP contribution in [0.4, 0.5) is 0 Å². The summed E-state index contributed by atoms with van der Waals surface area (Å²) in [4.78, 5) is 7.03. The summed E-state index contributed by atoms with van der Waals surface area (Å²) in [6.07, 6.45) is 5.71. The van der Waals surface area contributed by atoms with Crippen LogP contribution in [0.1, 0.15) is 25.7 Å². The van der Waals surface area contributed by atoms with Gasteiger partial charge in [-0.15, -0.1) is 0 Å². The number of sulfonamides is 1. The highest BCUT2D eigenvalue weighted by Gasteiger charge is 2.33. The Balaban J connectivity index is 1.28. The minimum absolute atomic E-state index is 0.230. The molecule has 4 rings (SSSR count). The predicted molar refractivity (Wildman–Crippen MR) is 112 cm³/mol. The first-order valence-electron chi connectivity index (χ1n) is 10.0. The smallest absolute Gasteiger partial charge is 0.273 e. The molecule has 29 heavy (non-hydrogen) atoms. The van der Waals surface area contributed by atoms with Crippen LogP contribution >= 0.6 is 11.3 Å². The quantitative estimate of drug-likeness (QED) is 0.692. The van der Waals surface area contributed by atoms with Gasteiger partial charge in [-0.2, -0.15) is 4.31 Å². The number of hydrogen-bond donors (Lipinski definition) is 0. The van der Waals surface area contributed by atoms with Crippen LogP contribution in [0.3, 0.4) is 0 Å². The Hall–Kier alpha value is -1.68. The van der Waals surface area contributed by atoms with Crippen molar-refractivity contribution in [2.75, 3.05) is 33.3 Å². The Labute approximate surface area is 176 Å². The number of aromatic nitrogens is 1. The lowest BCUT2D eigenvalue weighted by Crippen LogP contribution is -2.50. The van der Waals surface area contributed by atoms with E-state index in [1.165, 1.54) is 11.3 Å². The number of benzene rings is 1. The molecule has 2 aromatic rings. The molecule has 0 bridgehead atoms. The van der Waals surface area contributed by atoms with Gasteiger partial charge < -0.3 is 14.4 Å². The fourth-order valence-corrected chi connectivity index (χ4v) is 6.14. The van der Waals surface area contributed by atoms with Crippen molar-refractivity contribution in [3.63, 3.8) is 0 Å². The van der Waals surface area contributed by atoms with Crippen LogP contribution in [0.15, 0.2) is 40.7 Å². The number of ether oxygens (including phenoxy) is 2. The molecule has 2 fully saturated rings. The first-order chi connectivity index (χ1) is 14.1. The Kier molecular flexibility index (Phi) is 6.38. The van der Waals surface area contributed by atoms with Crippen LogP contribution in [0.5, 0.6) is 10.9 Å². The zero-order valence-electron chi connectivity index (χ0n) is 16.6. The average molecular weight is 438 g/mol. The van der Waals surface area contributed by atoms with Gasteiger partial charge in [0, 0.05) is 43.8 Å². The molecule has 7 nitrogen and oxygen atoms in total. The fourth-order valence-electron chi connectivity index (χ4n) is 4.11. The molecule has 0 spiro atoms. The van der Waals surface area contributed by atoms with Crippen molar-refractivity contribution in [2.24, 2.45) is 0 Å². The Morgan fingerprint density at radius 2 is 1.72 bits per heavy atom. The summed E-state index contributed by atoms with van der Waals surface area (Å²) in [5.74, 6) is 0.657. The van der Waals surface area contributed by atoms with Gasteiger partial charge in [-0.25, -0.2) is 13.4 Å². The fraction of sp³-hybridized carbons (Fsp3) is 0.550. The molecule has 0 atom stereocenters. The lowest BCUT2D eigenvalue weighted by atomic mass is 10.00. The average Bonchev–Trinajstić information content (AvgIpc) is 3.27. The van der Waals surface area contributed by atoms with Gasteiger partial charge in [0.1, 0.15) is 11.9 Å². The molecule has 0 saturated carbocycles. The number of hydrogen-bond acceptors (Lipinski definition) is 7. The maximum atomic E-state index is 12.9. The molecule has 0 radical (unpaired) electrons. The normalized spacial score (nSPS) is 20.6. The maximum Gasteiger partial charge on any atom is 0.273 e. The molecule has 0 unspecified atom stereocenters. The third-order valence-corrected chi connectivity index (χ3v) is 8.36. The SMILES string of the molecule is COc1ccc(S(=O)(=O)N2CCC(N3CCC(Oc4nccs4)CC3)CC2)cc1. The van der Waals surface area contributed by atoms with Gasteiger partial charge in [0.25, 0.3) is 5.19 Å². The first-order valence-corrected chi connectivity index (χ1v) is 12.3. The summed E-state index contributed by atoms with van der Waals surface area (Å²) >= 11 is 1.53. The molecular formula is C20H27N3O4S2. The molecule has 0 amide bonds. The lowest BCUT2D eigenvalue weighted by molar-refractivity contribution is 0.0584. The van der Waals surface area contributed by atoms with Crippen molar-refractivity contribution in [3.05, 3.63) is 35.8 Å². The van der Waals surface area contributed by atoms with Gasteiger partial charge in [-0.05, 0) is 49.9 Å². The molecule has 3 heterocycles. The summed E-state index contributed by atoms with van der Waals surface area (Å²) in [5.41, 5.74) is 0. The Morgan fingerprint density at radius 3 is 2.31 bits per heavy atom. The van der Waals surface area contributed by atoms with Crippen LogP contribution < -0.4 is 9.47 Å². The van der Waals surface area contributed by atoms with Crippen LogP contribution in [0, 0.1) is 0 Å². The molecule has 2 saturated heterocycles. The third kappa shape index (κ3) is 4.74. The van der Waals surface area contributed by atoms with Gasteiger partial charge in [-0.3, -0.25) is 0 Å². The molecule has 1 aromatic heterocycles. The number of rotatable bonds is 6. The molecule has 2 aliphatic rings. The highest BCUT2D eigenvalue weighted by atomic mass is 32.2. The minimum Gasteiger partial charge on any atom is -0.497 e. The van der Waals surface area contributed by atoms with E-state index >= 15 is 0 Å². The molecule has 0 aliphatic carbocycles. The van der Waals surface area contributed by atoms with Crippen molar-refractivity contribution in [1.29, 1.82) is 0 Å². The van der Waals surface area contributed by atoms with Gasteiger partial charge in [0.2, 0.25) is 10.0 Å². The number of nitrogens with zero attached hydrogens (tertiary/aromatic N) is 3. The molecule has 0 N–H and O–H groups in total. The van der Waals surface area contributed by atoms with E-state index < -0.39 is 10.0 Å². The number of likely N-dealkylation sites (tertiary alicyclic amines) is 1. The monoisotopic (exact) mass is 437 g/mol. The van der Waals surface area contributed by atoms with Gasteiger partial charge in [-0.1, -0.05) is 11.3 Å². The lowest BCUT2D eigenvalue weighted by Gasteiger charge is -2.41. The van der Waals surface area contributed by atoms with Crippen molar-refractivity contribution in [2.45, 2.75) is 42.7 Å². The third-order valence-electron chi connectivity index (χ3n) is 5.79.